The standard InChI is InChI=1S/C17H19Cl2NO2/c1-2-21-9-10-22-16-7-5-15(6-8-16)20-12-13-3-4-14(18)11-17(13)19/h3-8,11,20H,2,9-10,12H2,1H3. The van der Waals surface area contributed by atoms with Crippen LogP contribution in [0.15, 0.2) is 42.5 Å². The third-order valence-electron chi connectivity index (χ3n) is 3.05. The SMILES string of the molecule is CCOCCOc1ccc(NCc2ccc(Cl)cc2Cl)cc1. The van der Waals surface area contributed by atoms with Gasteiger partial charge in [-0.2, -0.15) is 0 Å². The summed E-state index contributed by atoms with van der Waals surface area (Å²) in [6.45, 7) is 4.47. The molecule has 3 nitrogen and oxygen atoms in total. The van der Waals surface area contributed by atoms with Crippen molar-refractivity contribution in [1.82, 2.24) is 0 Å². The van der Waals surface area contributed by atoms with Gasteiger partial charge in [-0.1, -0.05) is 29.3 Å². The summed E-state index contributed by atoms with van der Waals surface area (Å²) in [4.78, 5) is 0. The molecule has 2 aromatic carbocycles. The Morgan fingerprint density at radius 1 is 1.00 bits per heavy atom. The number of nitrogens with one attached hydrogen (secondary N) is 1. The monoisotopic (exact) mass is 339 g/mol. The molecule has 22 heavy (non-hydrogen) atoms. The minimum atomic E-state index is 0.557. The second kappa shape index (κ2) is 8.89. The lowest BCUT2D eigenvalue weighted by atomic mass is 10.2. The van der Waals surface area contributed by atoms with Gasteiger partial charge >= 0.3 is 0 Å². The van der Waals surface area contributed by atoms with Gasteiger partial charge in [0, 0.05) is 28.9 Å². The fourth-order valence-electron chi connectivity index (χ4n) is 1.89. The van der Waals surface area contributed by atoms with E-state index < -0.39 is 0 Å². The zero-order chi connectivity index (χ0) is 15.8. The smallest absolute Gasteiger partial charge is 0.119 e. The summed E-state index contributed by atoms with van der Waals surface area (Å²) in [5, 5.41) is 4.62. The van der Waals surface area contributed by atoms with Crippen LogP contribution in [0.1, 0.15) is 12.5 Å². The molecule has 2 rings (SSSR count). The zero-order valence-corrected chi connectivity index (χ0v) is 14.0. The van der Waals surface area contributed by atoms with Gasteiger partial charge in [-0.05, 0) is 48.9 Å². The van der Waals surface area contributed by atoms with Crippen LogP contribution in [0.3, 0.4) is 0 Å². The molecule has 0 atom stereocenters. The van der Waals surface area contributed by atoms with Gasteiger partial charge in [0.25, 0.3) is 0 Å². The summed E-state index contributed by atoms with van der Waals surface area (Å²) in [6.07, 6.45) is 0. The van der Waals surface area contributed by atoms with Gasteiger partial charge in [-0.15, -0.1) is 0 Å². The molecule has 0 heterocycles. The third-order valence-corrected chi connectivity index (χ3v) is 3.64. The first kappa shape index (κ1) is 16.9. The average molecular weight is 340 g/mol. The van der Waals surface area contributed by atoms with Crippen LogP contribution >= 0.6 is 23.2 Å². The molecule has 2 aromatic rings. The molecule has 118 valence electrons. The van der Waals surface area contributed by atoms with E-state index in [0.29, 0.717) is 36.4 Å². The van der Waals surface area contributed by atoms with E-state index in [2.05, 4.69) is 5.32 Å². The highest BCUT2D eigenvalue weighted by atomic mass is 35.5. The van der Waals surface area contributed by atoms with Crippen LogP contribution < -0.4 is 10.1 Å². The Kier molecular flexibility index (Phi) is 6.84. The van der Waals surface area contributed by atoms with Crippen LogP contribution in [0.4, 0.5) is 5.69 Å². The van der Waals surface area contributed by atoms with E-state index in [0.717, 1.165) is 17.0 Å². The van der Waals surface area contributed by atoms with E-state index in [1.165, 1.54) is 0 Å². The van der Waals surface area contributed by atoms with E-state index in [-0.39, 0.29) is 0 Å². The fraction of sp³-hybridized carbons (Fsp3) is 0.294. The molecule has 0 spiro atoms. The minimum Gasteiger partial charge on any atom is -0.491 e. The first-order chi connectivity index (χ1) is 10.7. The summed E-state index contributed by atoms with van der Waals surface area (Å²) >= 11 is 12.0. The molecule has 0 saturated carbocycles. The highest BCUT2D eigenvalue weighted by Gasteiger charge is 2.01. The molecule has 0 aliphatic carbocycles. The summed E-state index contributed by atoms with van der Waals surface area (Å²) < 4.78 is 10.8. The third kappa shape index (κ3) is 5.41. The lowest BCUT2D eigenvalue weighted by molar-refractivity contribution is 0.110. The molecule has 0 aliphatic heterocycles. The molecule has 0 aliphatic rings. The van der Waals surface area contributed by atoms with Crippen LogP contribution in [-0.4, -0.2) is 19.8 Å². The molecule has 0 saturated heterocycles. The molecule has 0 unspecified atom stereocenters. The van der Waals surface area contributed by atoms with Gasteiger partial charge in [-0.3, -0.25) is 0 Å². The van der Waals surface area contributed by atoms with Crippen LogP contribution in [0.2, 0.25) is 10.0 Å². The molecule has 0 bridgehead atoms. The largest absolute Gasteiger partial charge is 0.491 e. The van der Waals surface area contributed by atoms with Gasteiger partial charge in [-0.25, -0.2) is 0 Å². The van der Waals surface area contributed by atoms with Crippen molar-refractivity contribution >= 4 is 28.9 Å². The molecular weight excluding hydrogens is 321 g/mol. The van der Waals surface area contributed by atoms with Gasteiger partial charge in [0.2, 0.25) is 0 Å². The van der Waals surface area contributed by atoms with Crippen molar-refractivity contribution in [3.8, 4) is 5.75 Å². The molecule has 1 N–H and O–H groups in total. The van der Waals surface area contributed by atoms with Gasteiger partial charge < -0.3 is 14.8 Å². The number of benzene rings is 2. The Labute approximate surface area is 141 Å². The number of rotatable bonds is 8. The second-order valence-electron chi connectivity index (χ2n) is 4.66. The molecular formula is C17H19Cl2NO2. The van der Waals surface area contributed by atoms with E-state index in [4.69, 9.17) is 32.7 Å². The maximum Gasteiger partial charge on any atom is 0.119 e. The van der Waals surface area contributed by atoms with Crippen molar-refractivity contribution in [2.24, 2.45) is 0 Å². The lowest BCUT2D eigenvalue weighted by Crippen LogP contribution is -2.06. The number of halogens is 2. The van der Waals surface area contributed by atoms with Crippen molar-refractivity contribution in [1.29, 1.82) is 0 Å². The Morgan fingerprint density at radius 2 is 1.77 bits per heavy atom. The number of ether oxygens (including phenoxy) is 2. The van der Waals surface area contributed by atoms with E-state index >= 15 is 0 Å². The molecule has 0 radical (unpaired) electrons. The van der Waals surface area contributed by atoms with E-state index in [9.17, 15) is 0 Å². The number of anilines is 1. The van der Waals surface area contributed by atoms with E-state index in [1.54, 1.807) is 6.07 Å². The van der Waals surface area contributed by atoms with Crippen LogP contribution in [0.25, 0.3) is 0 Å². The Hall–Kier alpha value is -1.42. The molecule has 0 aromatic heterocycles. The van der Waals surface area contributed by atoms with Crippen LogP contribution in [0.5, 0.6) is 5.75 Å². The topological polar surface area (TPSA) is 30.5 Å². The Bertz CT molecular complexity index is 588. The van der Waals surface area contributed by atoms with Crippen molar-refractivity contribution in [2.75, 3.05) is 25.1 Å². The van der Waals surface area contributed by atoms with Gasteiger partial charge in [0.1, 0.15) is 12.4 Å². The predicted octanol–water partition coefficient (Wildman–Crippen LogP) is 5.02. The summed E-state index contributed by atoms with van der Waals surface area (Å²) in [6, 6.07) is 13.3. The zero-order valence-electron chi connectivity index (χ0n) is 12.4. The second-order valence-corrected chi connectivity index (χ2v) is 5.50. The highest BCUT2D eigenvalue weighted by Crippen LogP contribution is 2.22. The van der Waals surface area contributed by atoms with Crippen molar-refractivity contribution in [2.45, 2.75) is 13.5 Å². The highest BCUT2D eigenvalue weighted by molar-refractivity contribution is 6.35. The van der Waals surface area contributed by atoms with Crippen molar-refractivity contribution < 1.29 is 9.47 Å². The summed E-state index contributed by atoms with van der Waals surface area (Å²) in [7, 11) is 0. The Morgan fingerprint density at radius 3 is 2.45 bits per heavy atom. The maximum atomic E-state index is 6.15. The quantitative estimate of drug-likeness (QED) is 0.685. The minimum absolute atomic E-state index is 0.557. The van der Waals surface area contributed by atoms with Crippen molar-refractivity contribution in [3.05, 3.63) is 58.1 Å². The summed E-state index contributed by atoms with van der Waals surface area (Å²) in [5.74, 6) is 0.828. The van der Waals surface area contributed by atoms with Gasteiger partial charge in [0.15, 0.2) is 0 Å². The fourth-order valence-corrected chi connectivity index (χ4v) is 2.37. The Balaban J connectivity index is 1.83. The molecule has 5 heteroatoms. The lowest BCUT2D eigenvalue weighted by Gasteiger charge is -2.10. The molecule has 0 amide bonds. The van der Waals surface area contributed by atoms with Gasteiger partial charge in [0.05, 0.1) is 6.61 Å². The van der Waals surface area contributed by atoms with Crippen LogP contribution in [-0.2, 0) is 11.3 Å². The summed E-state index contributed by atoms with van der Waals surface area (Å²) in [5.41, 5.74) is 2.01. The van der Waals surface area contributed by atoms with E-state index in [1.807, 2.05) is 43.3 Å². The average Bonchev–Trinajstić information content (AvgIpc) is 2.52. The van der Waals surface area contributed by atoms with Crippen molar-refractivity contribution in [3.63, 3.8) is 0 Å². The number of hydrogen-bond donors (Lipinski definition) is 1. The normalized spacial score (nSPS) is 10.5. The van der Waals surface area contributed by atoms with Crippen LogP contribution in [0, 0.1) is 0 Å². The first-order valence-electron chi connectivity index (χ1n) is 7.17. The number of hydrogen-bond acceptors (Lipinski definition) is 3. The molecule has 0 fully saturated rings. The first-order valence-corrected chi connectivity index (χ1v) is 7.93. The predicted molar refractivity (Wildman–Crippen MR) is 92.2 cm³/mol. The maximum absolute atomic E-state index is 6.15.